The number of hydrogen-bond acceptors (Lipinski definition) is 6. The largest absolute Gasteiger partial charge is 0.478 e. The smallest absolute Gasteiger partial charge is 0.337 e. The Balaban J connectivity index is 2.38. The van der Waals surface area contributed by atoms with Crippen molar-refractivity contribution in [3.8, 4) is 0 Å². The van der Waals surface area contributed by atoms with Crippen molar-refractivity contribution in [3.63, 3.8) is 0 Å². The zero-order valence-electron chi connectivity index (χ0n) is 10.4. The molecule has 0 aliphatic heterocycles. The number of rotatable bonds is 4. The molecule has 0 atom stereocenters. The number of hydrogen-bond donors (Lipinski definition) is 2. The molecule has 0 fully saturated rings. The number of carboxylic acids is 1. The number of carboxylic acid groups (broad SMARTS) is 1. The highest BCUT2D eigenvalue weighted by Gasteiger charge is 2.19. The molecular formula is C12H10N4O4. The summed E-state index contributed by atoms with van der Waals surface area (Å²) in [5, 5.41) is 22.5. The summed E-state index contributed by atoms with van der Waals surface area (Å²) in [6.45, 7) is 1.81. The van der Waals surface area contributed by atoms with Crippen molar-refractivity contribution in [2.75, 3.05) is 5.32 Å². The fraction of sp³-hybridized carbons (Fsp3) is 0.0833. The summed E-state index contributed by atoms with van der Waals surface area (Å²) in [4.78, 5) is 28.9. The van der Waals surface area contributed by atoms with Gasteiger partial charge in [-0.1, -0.05) is 0 Å². The summed E-state index contributed by atoms with van der Waals surface area (Å²) < 4.78 is 0. The van der Waals surface area contributed by atoms with E-state index in [0.29, 0.717) is 5.69 Å². The van der Waals surface area contributed by atoms with Crippen LogP contribution in [0.4, 0.5) is 17.2 Å². The molecule has 0 aliphatic carbocycles. The molecule has 20 heavy (non-hydrogen) atoms. The number of nitrogens with zero attached hydrogens (tertiary/aromatic N) is 3. The molecule has 0 amide bonds. The van der Waals surface area contributed by atoms with Crippen molar-refractivity contribution in [1.29, 1.82) is 0 Å². The average molecular weight is 274 g/mol. The third kappa shape index (κ3) is 2.86. The summed E-state index contributed by atoms with van der Waals surface area (Å²) in [5.41, 5.74) is 0.670. The summed E-state index contributed by atoms with van der Waals surface area (Å²) in [6.07, 6.45) is 2.56. The third-order valence-electron chi connectivity index (χ3n) is 2.49. The molecule has 2 heterocycles. The van der Waals surface area contributed by atoms with Crippen LogP contribution < -0.4 is 5.32 Å². The molecule has 0 aromatic carbocycles. The second-order valence-electron chi connectivity index (χ2n) is 3.97. The molecule has 8 nitrogen and oxygen atoms in total. The maximum atomic E-state index is 11.0. The van der Waals surface area contributed by atoms with E-state index in [-0.39, 0.29) is 11.4 Å². The Morgan fingerprint density at radius 2 is 2.10 bits per heavy atom. The van der Waals surface area contributed by atoms with Crippen molar-refractivity contribution in [2.24, 2.45) is 0 Å². The van der Waals surface area contributed by atoms with Gasteiger partial charge in [0.1, 0.15) is 0 Å². The van der Waals surface area contributed by atoms with Gasteiger partial charge in [0.25, 0.3) is 0 Å². The first-order valence-corrected chi connectivity index (χ1v) is 5.55. The highest BCUT2D eigenvalue weighted by molar-refractivity contribution is 5.89. The molecule has 0 radical (unpaired) electrons. The maximum Gasteiger partial charge on any atom is 0.337 e. The predicted molar refractivity (Wildman–Crippen MR) is 70.1 cm³/mol. The zero-order valence-corrected chi connectivity index (χ0v) is 10.4. The standard InChI is InChI=1S/C12H10N4O4/c1-7-2-3-9(6-13-7)15-11-10(16(19)20)4-8(5-14-11)12(17)18/h2-6H,1H3,(H,14,15)(H,17,18). The molecule has 8 heteroatoms. The van der Waals surface area contributed by atoms with Crippen LogP contribution >= 0.6 is 0 Å². The molecular weight excluding hydrogens is 264 g/mol. The molecule has 0 saturated heterocycles. The average Bonchev–Trinajstić information content (AvgIpc) is 2.41. The molecule has 2 aromatic rings. The molecule has 0 spiro atoms. The molecule has 2 N–H and O–H groups in total. The van der Waals surface area contributed by atoms with E-state index in [4.69, 9.17) is 5.11 Å². The summed E-state index contributed by atoms with van der Waals surface area (Å²) in [5.74, 6) is -1.31. The Morgan fingerprint density at radius 1 is 1.35 bits per heavy atom. The van der Waals surface area contributed by atoms with Gasteiger partial charge >= 0.3 is 11.7 Å². The van der Waals surface area contributed by atoms with Crippen LogP contribution in [-0.2, 0) is 0 Å². The highest BCUT2D eigenvalue weighted by atomic mass is 16.6. The lowest BCUT2D eigenvalue weighted by atomic mass is 10.2. The van der Waals surface area contributed by atoms with E-state index in [2.05, 4.69) is 15.3 Å². The van der Waals surface area contributed by atoms with Gasteiger partial charge in [0.2, 0.25) is 5.82 Å². The van der Waals surface area contributed by atoms with Crippen molar-refractivity contribution in [1.82, 2.24) is 9.97 Å². The third-order valence-corrected chi connectivity index (χ3v) is 2.49. The van der Waals surface area contributed by atoms with Crippen molar-refractivity contribution in [3.05, 3.63) is 52.0 Å². The summed E-state index contributed by atoms with van der Waals surface area (Å²) >= 11 is 0. The quantitative estimate of drug-likeness (QED) is 0.647. The Bertz CT molecular complexity index is 670. The molecule has 0 unspecified atom stereocenters. The van der Waals surface area contributed by atoms with E-state index in [0.717, 1.165) is 18.0 Å². The fourth-order valence-electron chi connectivity index (χ4n) is 1.48. The molecule has 2 aromatic heterocycles. The fourth-order valence-corrected chi connectivity index (χ4v) is 1.48. The first-order valence-electron chi connectivity index (χ1n) is 5.55. The number of aromatic nitrogens is 2. The molecule has 2 rings (SSSR count). The lowest BCUT2D eigenvalue weighted by Gasteiger charge is -2.06. The zero-order chi connectivity index (χ0) is 14.7. The normalized spacial score (nSPS) is 10.1. The van der Waals surface area contributed by atoms with Gasteiger partial charge in [-0.25, -0.2) is 9.78 Å². The molecule has 0 bridgehead atoms. The minimum atomic E-state index is -1.27. The highest BCUT2D eigenvalue weighted by Crippen LogP contribution is 2.25. The summed E-state index contributed by atoms with van der Waals surface area (Å²) in [6, 6.07) is 4.39. The topological polar surface area (TPSA) is 118 Å². The minimum absolute atomic E-state index is 0.0364. The number of nitro groups is 1. The second kappa shape index (κ2) is 5.31. The number of carbonyl (C=O) groups is 1. The predicted octanol–water partition coefficient (Wildman–Crippen LogP) is 2.14. The van der Waals surface area contributed by atoms with E-state index in [9.17, 15) is 14.9 Å². The van der Waals surface area contributed by atoms with Gasteiger partial charge in [0.05, 0.1) is 22.4 Å². The van der Waals surface area contributed by atoms with Crippen molar-refractivity contribution >= 4 is 23.2 Å². The lowest BCUT2D eigenvalue weighted by Crippen LogP contribution is -2.04. The Labute approximate surface area is 113 Å². The first-order chi connectivity index (χ1) is 9.47. The van der Waals surface area contributed by atoms with E-state index < -0.39 is 16.6 Å². The van der Waals surface area contributed by atoms with Gasteiger partial charge in [-0.15, -0.1) is 0 Å². The second-order valence-corrected chi connectivity index (χ2v) is 3.97. The lowest BCUT2D eigenvalue weighted by molar-refractivity contribution is -0.384. The van der Waals surface area contributed by atoms with Gasteiger partial charge in [-0.05, 0) is 19.1 Å². The first kappa shape index (κ1) is 13.4. The molecule has 0 saturated carbocycles. The Kier molecular flexibility index (Phi) is 3.56. The van der Waals surface area contributed by atoms with Gasteiger partial charge in [-0.3, -0.25) is 15.1 Å². The van der Waals surface area contributed by atoms with E-state index in [1.165, 1.54) is 6.20 Å². The number of aryl methyl sites for hydroxylation is 1. The van der Waals surface area contributed by atoms with Gasteiger partial charge in [0, 0.05) is 18.0 Å². The van der Waals surface area contributed by atoms with Crippen LogP contribution in [0.1, 0.15) is 16.1 Å². The maximum absolute atomic E-state index is 11.0. The number of pyridine rings is 2. The van der Waals surface area contributed by atoms with Gasteiger partial charge < -0.3 is 10.4 Å². The van der Waals surface area contributed by atoms with Crippen LogP contribution in [0.15, 0.2) is 30.6 Å². The van der Waals surface area contributed by atoms with Crippen LogP contribution in [0.5, 0.6) is 0 Å². The van der Waals surface area contributed by atoms with Gasteiger partial charge in [-0.2, -0.15) is 0 Å². The monoisotopic (exact) mass is 274 g/mol. The van der Waals surface area contributed by atoms with E-state index in [1.54, 1.807) is 12.1 Å². The Hall–Kier alpha value is -3.03. The van der Waals surface area contributed by atoms with E-state index in [1.807, 2.05) is 6.92 Å². The summed E-state index contributed by atoms with van der Waals surface area (Å²) in [7, 11) is 0. The van der Waals surface area contributed by atoms with Crippen LogP contribution in [0.25, 0.3) is 0 Å². The van der Waals surface area contributed by atoms with Crippen LogP contribution in [-0.4, -0.2) is 26.0 Å². The Morgan fingerprint density at radius 3 is 2.65 bits per heavy atom. The molecule has 102 valence electrons. The van der Waals surface area contributed by atoms with Gasteiger partial charge in [0.15, 0.2) is 0 Å². The van der Waals surface area contributed by atoms with Crippen molar-refractivity contribution in [2.45, 2.75) is 6.92 Å². The number of nitrogens with one attached hydrogen (secondary N) is 1. The minimum Gasteiger partial charge on any atom is -0.478 e. The van der Waals surface area contributed by atoms with Crippen molar-refractivity contribution < 1.29 is 14.8 Å². The number of anilines is 2. The SMILES string of the molecule is Cc1ccc(Nc2ncc(C(=O)O)cc2[N+](=O)[O-])cn1. The van der Waals surface area contributed by atoms with E-state index >= 15 is 0 Å². The number of aromatic carboxylic acids is 1. The van der Waals surface area contributed by atoms with Crippen LogP contribution in [0.3, 0.4) is 0 Å². The van der Waals surface area contributed by atoms with Crippen LogP contribution in [0.2, 0.25) is 0 Å². The van der Waals surface area contributed by atoms with Crippen LogP contribution in [0, 0.1) is 17.0 Å². The molecule has 0 aliphatic rings.